The van der Waals surface area contributed by atoms with Crippen LogP contribution >= 0.6 is 0 Å². The molecule has 0 spiro atoms. The van der Waals surface area contributed by atoms with Crippen LogP contribution in [0.25, 0.3) is 0 Å². The number of amides is 1. The van der Waals surface area contributed by atoms with Gasteiger partial charge < -0.3 is 11.1 Å². The van der Waals surface area contributed by atoms with Gasteiger partial charge in [-0.3, -0.25) is 9.48 Å². The van der Waals surface area contributed by atoms with Gasteiger partial charge in [0, 0.05) is 18.8 Å². The van der Waals surface area contributed by atoms with Gasteiger partial charge in [-0.2, -0.15) is 5.10 Å². The summed E-state index contributed by atoms with van der Waals surface area (Å²) in [7, 11) is 1.77. The molecule has 0 radical (unpaired) electrons. The zero-order valence-electron chi connectivity index (χ0n) is 11.4. The number of anilines is 1. The average molecular weight is 276 g/mol. The summed E-state index contributed by atoms with van der Waals surface area (Å²) in [5.74, 6) is -1.00. The molecular weight excluding hydrogens is 259 g/mol. The molecule has 0 saturated heterocycles. The van der Waals surface area contributed by atoms with Crippen molar-refractivity contribution < 1.29 is 9.18 Å². The number of carbonyl (C=O) groups excluding carboxylic acids is 1. The van der Waals surface area contributed by atoms with Crippen molar-refractivity contribution in [3.05, 3.63) is 47.5 Å². The first kappa shape index (κ1) is 14.0. The van der Waals surface area contributed by atoms with E-state index >= 15 is 0 Å². The van der Waals surface area contributed by atoms with E-state index in [2.05, 4.69) is 10.4 Å². The molecule has 2 rings (SSSR count). The largest absolute Gasteiger partial charge is 0.368 e. The van der Waals surface area contributed by atoms with Crippen LogP contribution in [0.15, 0.2) is 30.5 Å². The van der Waals surface area contributed by atoms with E-state index in [0.29, 0.717) is 12.0 Å². The highest BCUT2D eigenvalue weighted by molar-refractivity contribution is 5.84. The second-order valence-corrected chi connectivity index (χ2v) is 4.52. The van der Waals surface area contributed by atoms with Crippen molar-refractivity contribution in [2.24, 2.45) is 12.8 Å². The number of halogens is 1. The van der Waals surface area contributed by atoms with Crippen molar-refractivity contribution in [2.75, 3.05) is 5.32 Å². The molecule has 0 saturated carbocycles. The Balaban J connectivity index is 2.37. The van der Waals surface area contributed by atoms with E-state index in [1.165, 1.54) is 6.07 Å². The van der Waals surface area contributed by atoms with Gasteiger partial charge in [0.2, 0.25) is 5.91 Å². The van der Waals surface area contributed by atoms with Crippen molar-refractivity contribution in [1.82, 2.24) is 9.78 Å². The van der Waals surface area contributed by atoms with E-state index in [1.54, 1.807) is 36.1 Å². The predicted octanol–water partition coefficient (Wildman–Crippen LogP) is 1.76. The number of primary amides is 1. The molecule has 106 valence electrons. The highest BCUT2D eigenvalue weighted by atomic mass is 19.1. The summed E-state index contributed by atoms with van der Waals surface area (Å²) in [6, 6.07) is 5.35. The van der Waals surface area contributed by atoms with Crippen LogP contribution in [0.4, 0.5) is 10.1 Å². The van der Waals surface area contributed by atoms with Crippen LogP contribution in [0.1, 0.15) is 24.2 Å². The molecule has 0 aliphatic heterocycles. The minimum Gasteiger partial charge on any atom is -0.368 e. The molecular formula is C14H17FN4O. The van der Waals surface area contributed by atoms with E-state index < -0.39 is 17.8 Å². The molecule has 5 nitrogen and oxygen atoms in total. The van der Waals surface area contributed by atoms with Crippen LogP contribution < -0.4 is 11.1 Å². The molecule has 1 unspecified atom stereocenters. The lowest BCUT2D eigenvalue weighted by Crippen LogP contribution is -2.28. The summed E-state index contributed by atoms with van der Waals surface area (Å²) in [5, 5.41) is 7.12. The minimum absolute atomic E-state index is 0.238. The summed E-state index contributed by atoms with van der Waals surface area (Å²) in [4.78, 5) is 11.7. The monoisotopic (exact) mass is 276 g/mol. The van der Waals surface area contributed by atoms with E-state index in [0.717, 1.165) is 5.69 Å². The third kappa shape index (κ3) is 2.79. The fourth-order valence-corrected chi connectivity index (χ4v) is 2.10. The fourth-order valence-electron chi connectivity index (χ4n) is 2.10. The Labute approximate surface area is 116 Å². The Morgan fingerprint density at radius 2 is 2.20 bits per heavy atom. The lowest BCUT2D eigenvalue weighted by Gasteiger charge is -2.17. The number of nitrogens with zero attached hydrogens (tertiary/aromatic N) is 2. The van der Waals surface area contributed by atoms with Crippen LogP contribution in [0.3, 0.4) is 0 Å². The number of benzene rings is 1. The van der Waals surface area contributed by atoms with Gasteiger partial charge in [0.05, 0.1) is 11.4 Å². The molecule has 0 aliphatic rings. The van der Waals surface area contributed by atoms with E-state index in [1.807, 2.05) is 6.92 Å². The number of hydrogen-bond donors (Lipinski definition) is 2. The standard InChI is InChI=1S/C14H17FN4O/c1-3-11-9(8-19(2)18-11)13(14(16)20)17-12-7-5-4-6-10(12)15/h4-8,13,17H,3H2,1-2H3,(H2,16,20). The maximum atomic E-state index is 13.7. The number of para-hydroxylation sites is 1. The van der Waals surface area contributed by atoms with Crippen molar-refractivity contribution in [2.45, 2.75) is 19.4 Å². The molecule has 20 heavy (non-hydrogen) atoms. The number of hydrogen-bond acceptors (Lipinski definition) is 3. The Bertz CT molecular complexity index is 623. The molecule has 2 aromatic rings. The molecule has 3 N–H and O–H groups in total. The summed E-state index contributed by atoms with van der Waals surface area (Å²) < 4.78 is 15.3. The third-order valence-electron chi connectivity index (χ3n) is 3.04. The molecule has 1 heterocycles. The molecule has 6 heteroatoms. The van der Waals surface area contributed by atoms with Gasteiger partial charge in [-0.05, 0) is 18.6 Å². The second-order valence-electron chi connectivity index (χ2n) is 4.52. The zero-order chi connectivity index (χ0) is 14.7. The van der Waals surface area contributed by atoms with E-state index in [-0.39, 0.29) is 5.69 Å². The Kier molecular flexibility index (Phi) is 4.02. The van der Waals surface area contributed by atoms with Gasteiger partial charge in [-0.25, -0.2) is 4.39 Å². The maximum Gasteiger partial charge on any atom is 0.244 e. The minimum atomic E-state index is -0.810. The predicted molar refractivity (Wildman–Crippen MR) is 74.5 cm³/mol. The van der Waals surface area contributed by atoms with Gasteiger partial charge in [0.1, 0.15) is 11.9 Å². The second kappa shape index (κ2) is 5.73. The van der Waals surface area contributed by atoms with Crippen molar-refractivity contribution >= 4 is 11.6 Å². The van der Waals surface area contributed by atoms with Crippen molar-refractivity contribution in [1.29, 1.82) is 0 Å². The number of rotatable bonds is 5. The van der Waals surface area contributed by atoms with Gasteiger partial charge in [0.25, 0.3) is 0 Å². The zero-order valence-corrected chi connectivity index (χ0v) is 11.4. The number of nitrogens with two attached hydrogens (primary N) is 1. The highest BCUT2D eigenvalue weighted by Gasteiger charge is 2.23. The summed E-state index contributed by atoms with van der Waals surface area (Å²) in [6.45, 7) is 1.94. The summed E-state index contributed by atoms with van der Waals surface area (Å²) in [5.41, 5.74) is 7.11. The number of aromatic nitrogens is 2. The quantitative estimate of drug-likeness (QED) is 0.874. The molecule has 1 atom stereocenters. The van der Waals surface area contributed by atoms with Gasteiger partial charge in [0.15, 0.2) is 0 Å². The fraction of sp³-hybridized carbons (Fsp3) is 0.286. The van der Waals surface area contributed by atoms with Crippen molar-refractivity contribution in [3.8, 4) is 0 Å². The SMILES string of the molecule is CCc1nn(C)cc1C(Nc1ccccc1F)C(N)=O. The average Bonchev–Trinajstić information content (AvgIpc) is 2.78. The van der Waals surface area contributed by atoms with Crippen LogP contribution in [-0.2, 0) is 18.3 Å². The van der Waals surface area contributed by atoms with Crippen LogP contribution in [-0.4, -0.2) is 15.7 Å². The number of carbonyl (C=O) groups is 1. The first-order valence-corrected chi connectivity index (χ1v) is 6.35. The van der Waals surface area contributed by atoms with E-state index in [4.69, 9.17) is 5.73 Å². The first-order valence-electron chi connectivity index (χ1n) is 6.35. The van der Waals surface area contributed by atoms with Crippen LogP contribution in [0.5, 0.6) is 0 Å². The first-order chi connectivity index (χ1) is 9.52. The smallest absolute Gasteiger partial charge is 0.244 e. The van der Waals surface area contributed by atoms with E-state index in [9.17, 15) is 9.18 Å². The molecule has 1 aromatic heterocycles. The number of aryl methyl sites for hydroxylation is 2. The lowest BCUT2D eigenvalue weighted by atomic mass is 10.1. The highest BCUT2D eigenvalue weighted by Crippen LogP contribution is 2.24. The Morgan fingerprint density at radius 3 is 2.80 bits per heavy atom. The lowest BCUT2D eigenvalue weighted by molar-refractivity contribution is -0.118. The van der Waals surface area contributed by atoms with Crippen LogP contribution in [0, 0.1) is 5.82 Å². The van der Waals surface area contributed by atoms with Crippen molar-refractivity contribution in [3.63, 3.8) is 0 Å². The van der Waals surface area contributed by atoms with Gasteiger partial charge in [-0.1, -0.05) is 19.1 Å². The van der Waals surface area contributed by atoms with Crippen LogP contribution in [0.2, 0.25) is 0 Å². The molecule has 0 aliphatic carbocycles. The maximum absolute atomic E-state index is 13.7. The Hall–Kier alpha value is -2.37. The topological polar surface area (TPSA) is 72.9 Å². The normalized spacial score (nSPS) is 12.2. The van der Waals surface area contributed by atoms with Gasteiger partial charge >= 0.3 is 0 Å². The summed E-state index contributed by atoms with van der Waals surface area (Å²) in [6.07, 6.45) is 2.39. The number of nitrogens with one attached hydrogen (secondary N) is 1. The molecule has 1 aromatic carbocycles. The molecule has 1 amide bonds. The molecule has 0 fully saturated rings. The van der Waals surface area contributed by atoms with Gasteiger partial charge in [-0.15, -0.1) is 0 Å². The summed E-state index contributed by atoms with van der Waals surface area (Å²) >= 11 is 0. The molecule has 0 bridgehead atoms. The Morgan fingerprint density at radius 1 is 1.50 bits per heavy atom. The third-order valence-corrected chi connectivity index (χ3v) is 3.04.